The van der Waals surface area contributed by atoms with E-state index in [1.807, 2.05) is 0 Å². The molecule has 0 unspecified atom stereocenters. The van der Waals surface area contributed by atoms with Crippen molar-refractivity contribution in [3.63, 3.8) is 0 Å². The van der Waals surface area contributed by atoms with Crippen molar-refractivity contribution < 1.29 is 0 Å². The first-order valence-corrected chi connectivity index (χ1v) is 8.26. The third-order valence-electron chi connectivity index (χ3n) is 3.71. The molecule has 1 saturated carbocycles. The van der Waals surface area contributed by atoms with E-state index < -0.39 is 0 Å². The molecule has 2 aromatic rings. The van der Waals surface area contributed by atoms with Gasteiger partial charge < -0.3 is 11.5 Å². The smallest absolute Gasteiger partial charge is 0.191 e. The summed E-state index contributed by atoms with van der Waals surface area (Å²) in [7, 11) is 0. The van der Waals surface area contributed by atoms with E-state index in [2.05, 4.69) is 32.0 Å². The molecule has 4 N–H and O–H groups in total. The lowest BCUT2D eigenvalue weighted by molar-refractivity contribution is 0.328. The maximum Gasteiger partial charge on any atom is 0.191 e. The maximum atomic E-state index is 5.67. The molecular formula is C14H20N6S. The second-order valence-electron chi connectivity index (χ2n) is 5.37. The molecule has 0 aliphatic heterocycles. The fraction of sp³-hybridized carbons (Fsp3) is 0.500. The second kappa shape index (κ2) is 6.34. The van der Waals surface area contributed by atoms with E-state index in [9.17, 15) is 0 Å². The van der Waals surface area contributed by atoms with Gasteiger partial charge in [-0.3, -0.25) is 4.68 Å². The van der Waals surface area contributed by atoms with Crippen LogP contribution in [-0.2, 0) is 5.75 Å². The van der Waals surface area contributed by atoms with E-state index in [1.54, 1.807) is 6.07 Å². The molecule has 0 radical (unpaired) electrons. The van der Waals surface area contributed by atoms with Crippen molar-refractivity contribution in [3.8, 4) is 0 Å². The summed E-state index contributed by atoms with van der Waals surface area (Å²) in [5.74, 6) is 1.53. The topological polar surface area (TPSA) is 95.6 Å². The number of hydrogen-bond acceptors (Lipinski definition) is 6. The van der Waals surface area contributed by atoms with Crippen molar-refractivity contribution in [2.45, 2.75) is 49.1 Å². The molecule has 3 rings (SSSR count). The summed E-state index contributed by atoms with van der Waals surface area (Å²) < 4.78 is 2.11. The van der Waals surface area contributed by atoms with Gasteiger partial charge in [0.05, 0.1) is 11.7 Å². The van der Waals surface area contributed by atoms with Gasteiger partial charge in [-0.05, 0) is 18.9 Å². The van der Waals surface area contributed by atoms with Crippen LogP contribution in [0.1, 0.15) is 43.8 Å². The molecule has 1 aliphatic rings. The van der Waals surface area contributed by atoms with Crippen LogP contribution in [0, 0.1) is 0 Å². The van der Waals surface area contributed by atoms with Gasteiger partial charge in [-0.2, -0.15) is 5.10 Å². The molecular weight excluding hydrogens is 284 g/mol. The summed E-state index contributed by atoms with van der Waals surface area (Å²) >= 11 is 1.50. The Morgan fingerprint density at radius 1 is 1.14 bits per heavy atom. The lowest BCUT2D eigenvalue weighted by Gasteiger charge is -2.21. The van der Waals surface area contributed by atoms with Crippen molar-refractivity contribution in [2.75, 3.05) is 11.5 Å². The predicted molar refractivity (Wildman–Crippen MR) is 84.8 cm³/mol. The highest BCUT2D eigenvalue weighted by Crippen LogP contribution is 2.28. The Bertz CT molecular complexity index is 585. The molecule has 0 spiro atoms. The average molecular weight is 304 g/mol. The van der Waals surface area contributed by atoms with Gasteiger partial charge in [0.2, 0.25) is 0 Å². The van der Waals surface area contributed by atoms with E-state index in [0.717, 1.165) is 11.4 Å². The van der Waals surface area contributed by atoms with Crippen molar-refractivity contribution >= 4 is 23.4 Å². The van der Waals surface area contributed by atoms with Crippen LogP contribution >= 0.6 is 11.8 Å². The molecule has 0 amide bonds. The van der Waals surface area contributed by atoms with Gasteiger partial charge >= 0.3 is 0 Å². The SMILES string of the molecule is Nc1cc(N)nc(SCc2ccn(C3CCCCC3)n2)n1. The Balaban J connectivity index is 1.61. The van der Waals surface area contributed by atoms with Crippen LogP contribution in [0.25, 0.3) is 0 Å². The zero-order valence-electron chi connectivity index (χ0n) is 11.9. The van der Waals surface area contributed by atoms with Crippen LogP contribution in [0.5, 0.6) is 0 Å². The van der Waals surface area contributed by atoms with Crippen molar-refractivity contribution in [3.05, 3.63) is 24.0 Å². The van der Waals surface area contributed by atoms with Gasteiger partial charge in [0.1, 0.15) is 11.6 Å². The van der Waals surface area contributed by atoms with Gasteiger partial charge in [-0.25, -0.2) is 9.97 Å². The van der Waals surface area contributed by atoms with Crippen LogP contribution in [0.15, 0.2) is 23.5 Å². The number of nitrogen functional groups attached to an aromatic ring is 2. The standard InChI is InChI=1S/C14H20N6S/c15-12-8-13(16)18-14(17-12)21-9-10-6-7-20(19-10)11-4-2-1-3-5-11/h6-8,11H,1-5,9H2,(H4,15,16,17,18). The molecule has 7 heteroatoms. The van der Waals surface area contributed by atoms with Crippen LogP contribution < -0.4 is 11.5 Å². The first-order valence-electron chi connectivity index (χ1n) is 7.27. The number of nitrogens with zero attached hydrogens (tertiary/aromatic N) is 4. The molecule has 0 bridgehead atoms. The third-order valence-corrected chi connectivity index (χ3v) is 4.59. The van der Waals surface area contributed by atoms with Crippen molar-refractivity contribution in [1.29, 1.82) is 0 Å². The first-order chi connectivity index (χ1) is 10.2. The number of hydrogen-bond donors (Lipinski definition) is 2. The Kier molecular flexibility index (Phi) is 4.28. The monoisotopic (exact) mass is 304 g/mol. The lowest BCUT2D eigenvalue weighted by Crippen LogP contribution is -2.13. The van der Waals surface area contributed by atoms with Crippen molar-refractivity contribution in [2.24, 2.45) is 0 Å². The Morgan fingerprint density at radius 3 is 2.57 bits per heavy atom. The van der Waals surface area contributed by atoms with Crippen LogP contribution in [0.3, 0.4) is 0 Å². The predicted octanol–water partition coefficient (Wildman–Crippen LogP) is 2.64. The second-order valence-corrected chi connectivity index (χ2v) is 6.31. The summed E-state index contributed by atoms with van der Waals surface area (Å²) in [6.45, 7) is 0. The van der Waals surface area contributed by atoms with E-state index in [4.69, 9.17) is 11.5 Å². The zero-order valence-corrected chi connectivity index (χ0v) is 12.7. The highest BCUT2D eigenvalue weighted by atomic mass is 32.2. The highest BCUT2D eigenvalue weighted by molar-refractivity contribution is 7.98. The number of thioether (sulfide) groups is 1. The minimum Gasteiger partial charge on any atom is -0.383 e. The van der Waals surface area contributed by atoms with Gasteiger partial charge in [0.25, 0.3) is 0 Å². The minimum atomic E-state index is 0.401. The molecule has 6 nitrogen and oxygen atoms in total. The van der Waals surface area contributed by atoms with E-state index in [-0.39, 0.29) is 0 Å². The molecule has 112 valence electrons. The number of aromatic nitrogens is 4. The molecule has 0 atom stereocenters. The number of nitrogens with two attached hydrogens (primary N) is 2. The summed E-state index contributed by atoms with van der Waals surface area (Å²) in [5.41, 5.74) is 12.4. The Morgan fingerprint density at radius 2 is 1.86 bits per heavy atom. The lowest BCUT2D eigenvalue weighted by atomic mass is 9.96. The maximum absolute atomic E-state index is 5.67. The fourth-order valence-corrected chi connectivity index (χ4v) is 3.44. The quantitative estimate of drug-likeness (QED) is 0.666. The normalized spacial score (nSPS) is 16.2. The molecule has 0 saturated heterocycles. The Hall–Kier alpha value is -1.76. The summed E-state index contributed by atoms with van der Waals surface area (Å²) in [6.07, 6.45) is 8.54. The van der Waals surface area contributed by atoms with E-state index >= 15 is 0 Å². The van der Waals surface area contributed by atoms with Crippen LogP contribution in [0.4, 0.5) is 11.6 Å². The molecule has 21 heavy (non-hydrogen) atoms. The zero-order chi connectivity index (χ0) is 14.7. The van der Waals surface area contributed by atoms with Gasteiger partial charge in [-0.1, -0.05) is 31.0 Å². The highest BCUT2D eigenvalue weighted by Gasteiger charge is 2.16. The van der Waals surface area contributed by atoms with Crippen LogP contribution in [-0.4, -0.2) is 19.7 Å². The largest absolute Gasteiger partial charge is 0.383 e. The van der Waals surface area contributed by atoms with E-state index in [0.29, 0.717) is 22.8 Å². The molecule has 2 aromatic heterocycles. The third kappa shape index (κ3) is 3.66. The minimum absolute atomic E-state index is 0.401. The summed E-state index contributed by atoms with van der Waals surface area (Å²) in [5, 5.41) is 5.27. The molecule has 1 fully saturated rings. The fourth-order valence-electron chi connectivity index (χ4n) is 2.67. The van der Waals surface area contributed by atoms with Gasteiger partial charge in [0.15, 0.2) is 5.16 Å². The first kappa shape index (κ1) is 14.2. The van der Waals surface area contributed by atoms with Crippen LogP contribution in [0.2, 0.25) is 0 Å². The molecule has 1 aliphatic carbocycles. The number of rotatable bonds is 4. The Labute approximate surface area is 128 Å². The van der Waals surface area contributed by atoms with Gasteiger partial charge in [-0.15, -0.1) is 0 Å². The number of anilines is 2. The molecule has 2 heterocycles. The molecule has 0 aromatic carbocycles. The van der Waals surface area contributed by atoms with Gasteiger partial charge in [0, 0.05) is 18.0 Å². The summed E-state index contributed by atoms with van der Waals surface area (Å²) in [6, 6.07) is 4.19. The van der Waals surface area contributed by atoms with Crippen molar-refractivity contribution in [1.82, 2.24) is 19.7 Å². The van der Waals surface area contributed by atoms with E-state index in [1.165, 1.54) is 43.9 Å². The average Bonchev–Trinajstić information content (AvgIpc) is 2.94. The summed E-state index contributed by atoms with van der Waals surface area (Å²) in [4.78, 5) is 8.32.